The summed E-state index contributed by atoms with van der Waals surface area (Å²) >= 11 is 0. The zero-order chi connectivity index (χ0) is 11.4. The van der Waals surface area contributed by atoms with Gasteiger partial charge in [0.05, 0.1) is 18.3 Å². The lowest BCUT2D eigenvalue weighted by Gasteiger charge is -2.15. The molecule has 0 atom stereocenters. The highest BCUT2D eigenvalue weighted by Crippen LogP contribution is 2.28. The lowest BCUT2D eigenvalue weighted by molar-refractivity contribution is 0.790. The van der Waals surface area contributed by atoms with E-state index in [1.165, 1.54) is 6.20 Å². The molecule has 16 heavy (non-hydrogen) atoms. The van der Waals surface area contributed by atoms with Crippen LogP contribution < -0.4 is 0 Å². The van der Waals surface area contributed by atoms with Crippen molar-refractivity contribution in [2.24, 2.45) is 0 Å². The smallest absolute Gasteiger partial charge is 0.198 e. The van der Waals surface area contributed by atoms with E-state index >= 15 is 0 Å². The highest BCUT2D eigenvalue weighted by molar-refractivity contribution is 5.48. The van der Waals surface area contributed by atoms with Crippen LogP contribution in [0.4, 0.5) is 0 Å². The molecule has 1 heterocycles. The Morgan fingerprint density at radius 3 is 2.31 bits per heavy atom. The van der Waals surface area contributed by atoms with E-state index in [9.17, 15) is 10.5 Å². The molecular formula is C11H7N5. The van der Waals surface area contributed by atoms with Gasteiger partial charge in [0, 0.05) is 0 Å². The normalized spacial score (nSPS) is 10.4. The number of hydrogen-bond acceptors (Lipinski definition) is 4. The molecule has 0 unspecified atom stereocenters. The number of aromatic nitrogens is 3. The first-order valence-electron chi connectivity index (χ1n) is 4.58. The summed E-state index contributed by atoms with van der Waals surface area (Å²) in [5.41, 5.74) is -0.494. The van der Waals surface area contributed by atoms with Gasteiger partial charge < -0.3 is 0 Å². The van der Waals surface area contributed by atoms with Crippen molar-refractivity contribution in [3.8, 4) is 12.1 Å². The maximum absolute atomic E-state index is 9.25. The second kappa shape index (κ2) is 3.84. The molecule has 0 aliphatic heterocycles. The molecule has 5 heteroatoms. The summed E-state index contributed by atoms with van der Waals surface area (Å²) in [6, 6.07) is 12.8. The third-order valence-electron chi connectivity index (χ3n) is 2.34. The fraction of sp³-hybridized carbons (Fsp3) is 0.0909. The summed E-state index contributed by atoms with van der Waals surface area (Å²) in [5.74, 6) is 0. The standard InChI is InChI=1S/C11H7N5/c12-7-11(8-13,10-6-14-16-15-10)9-4-2-1-3-5-9/h1-6H,(H,14,15,16). The Kier molecular flexibility index (Phi) is 2.37. The van der Waals surface area contributed by atoms with Crippen LogP contribution in [0.3, 0.4) is 0 Å². The number of rotatable bonds is 2. The highest BCUT2D eigenvalue weighted by Gasteiger charge is 2.37. The van der Waals surface area contributed by atoms with Gasteiger partial charge in [0.2, 0.25) is 5.41 Å². The van der Waals surface area contributed by atoms with Gasteiger partial charge in [-0.05, 0) is 5.56 Å². The monoisotopic (exact) mass is 209 g/mol. The molecule has 0 saturated carbocycles. The van der Waals surface area contributed by atoms with Crippen molar-refractivity contribution in [2.75, 3.05) is 0 Å². The van der Waals surface area contributed by atoms with Gasteiger partial charge in [-0.3, -0.25) is 0 Å². The molecule has 2 rings (SSSR count). The summed E-state index contributed by atoms with van der Waals surface area (Å²) in [5, 5.41) is 28.4. The third-order valence-corrected chi connectivity index (χ3v) is 2.34. The van der Waals surface area contributed by atoms with E-state index in [1.54, 1.807) is 24.3 Å². The summed E-state index contributed by atoms with van der Waals surface area (Å²) < 4.78 is 0. The average Bonchev–Trinajstić information content (AvgIpc) is 2.87. The van der Waals surface area contributed by atoms with Crippen molar-refractivity contribution in [1.29, 1.82) is 10.5 Å². The first kappa shape index (κ1) is 9.88. The van der Waals surface area contributed by atoms with Crippen LogP contribution >= 0.6 is 0 Å². The largest absolute Gasteiger partial charge is 0.213 e. The zero-order valence-electron chi connectivity index (χ0n) is 8.25. The van der Waals surface area contributed by atoms with Gasteiger partial charge in [-0.15, -0.1) is 0 Å². The molecule has 1 aromatic heterocycles. The molecule has 0 amide bonds. The van der Waals surface area contributed by atoms with Crippen molar-refractivity contribution in [1.82, 2.24) is 15.4 Å². The SMILES string of the molecule is N#CC(C#N)(c1ccccc1)c1cn[nH]n1. The first-order chi connectivity index (χ1) is 7.83. The minimum atomic E-state index is -1.39. The topological polar surface area (TPSA) is 89.1 Å². The van der Waals surface area contributed by atoms with E-state index in [0.29, 0.717) is 11.3 Å². The number of nitrogens with zero attached hydrogens (tertiary/aromatic N) is 4. The number of aromatic amines is 1. The number of nitrogens with one attached hydrogen (secondary N) is 1. The Morgan fingerprint density at radius 2 is 1.81 bits per heavy atom. The summed E-state index contributed by atoms with van der Waals surface area (Å²) in [6.45, 7) is 0. The fourth-order valence-electron chi connectivity index (χ4n) is 1.49. The van der Waals surface area contributed by atoms with E-state index in [1.807, 2.05) is 18.2 Å². The van der Waals surface area contributed by atoms with Crippen LogP contribution in [0, 0.1) is 22.7 Å². The molecule has 0 saturated heterocycles. The quantitative estimate of drug-likeness (QED) is 0.803. The predicted molar refractivity (Wildman–Crippen MR) is 54.8 cm³/mol. The van der Waals surface area contributed by atoms with Crippen LogP contribution in [0.1, 0.15) is 11.3 Å². The molecule has 0 spiro atoms. The number of H-pyrrole nitrogens is 1. The molecule has 76 valence electrons. The van der Waals surface area contributed by atoms with Gasteiger partial charge >= 0.3 is 0 Å². The molecule has 1 N–H and O–H groups in total. The molecular weight excluding hydrogens is 202 g/mol. The van der Waals surface area contributed by atoms with Gasteiger partial charge in [-0.1, -0.05) is 30.3 Å². The number of benzene rings is 1. The van der Waals surface area contributed by atoms with E-state index < -0.39 is 5.41 Å². The molecule has 0 fully saturated rings. The molecule has 5 nitrogen and oxygen atoms in total. The van der Waals surface area contributed by atoms with Gasteiger partial charge in [-0.2, -0.15) is 25.9 Å². The molecule has 0 radical (unpaired) electrons. The van der Waals surface area contributed by atoms with Gasteiger partial charge in [0.15, 0.2) is 0 Å². The predicted octanol–water partition coefficient (Wildman–Crippen LogP) is 1.14. The minimum absolute atomic E-state index is 0.309. The van der Waals surface area contributed by atoms with E-state index in [4.69, 9.17) is 0 Å². The number of hydrogen-bond donors (Lipinski definition) is 1. The lowest BCUT2D eigenvalue weighted by Crippen LogP contribution is -2.24. The van der Waals surface area contributed by atoms with Crippen LogP contribution in [0.2, 0.25) is 0 Å². The van der Waals surface area contributed by atoms with E-state index in [2.05, 4.69) is 15.4 Å². The van der Waals surface area contributed by atoms with Crippen LogP contribution in [0.25, 0.3) is 0 Å². The van der Waals surface area contributed by atoms with Crippen LogP contribution in [0.5, 0.6) is 0 Å². The molecule has 0 aliphatic carbocycles. The maximum atomic E-state index is 9.25. The second-order valence-corrected chi connectivity index (χ2v) is 3.19. The Balaban J connectivity index is 2.64. The highest BCUT2D eigenvalue weighted by atomic mass is 15.3. The molecule has 2 aromatic rings. The van der Waals surface area contributed by atoms with Gasteiger partial charge in [0.1, 0.15) is 5.69 Å². The van der Waals surface area contributed by atoms with E-state index in [0.717, 1.165) is 0 Å². The fourth-order valence-corrected chi connectivity index (χ4v) is 1.49. The molecule has 1 aromatic carbocycles. The van der Waals surface area contributed by atoms with Crippen molar-refractivity contribution in [3.05, 3.63) is 47.8 Å². The van der Waals surface area contributed by atoms with Crippen molar-refractivity contribution in [3.63, 3.8) is 0 Å². The summed E-state index contributed by atoms with van der Waals surface area (Å²) in [6.07, 6.45) is 1.39. The van der Waals surface area contributed by atoms with Gasteiger partial charge in [0.25, 0.3) is 0 Å². The Bertz CT molecular complexity index is 530. The van der Waals surface area contributed by atoms with Crippen LogP contribution in [0.15, 0.2) is 36.5 Å². The average molecular weight is 209 g/mol. The van der Waals surface area contributed by atoms with Crippen molar-refractivity contribution < 1.29 is 0 Å². The Morgan fingerprint density at radius 1 is 1.12 bits per heavy atom. The maximum Gasteiger partial charge on any atom is 0.213 e. The van der Waals surface area contributed by atoms with E-state index in [-0.39, 0.29) is 0 Å². The molecule has 0 bridgehead atoms. The lowest BCUT2D eigenvalue weighted by atomic mass is 9.81. The Labute approximate surface area is 92.0 Å². The molecule has 0 aliphatic rings. The first-order valence-corrected chi connectivity index (χ1v) is 4.58. The van der Waals surface area contributed by atoms with Crippen molar-refractivity contribution in [2.45, 2.75) is 5.41 Å². The summed E-state index contributed by atoms with van der Waals surface area (Å²) in [4.78, 5) is 0. The van der Waals surface area contributed by atoms with Gasteiger partial charge in [-0.25, -0.2) is 0 Å². The van der Waals surface area contributed by atoms with Crippen molar-refractivity contribution >= 4 is 0 Å². The third kappa shape index (κ3) is 1.32. The minimum Gasteiger partial charge on any atom is -0.198 e. The van der Waals surface area contributed by atoms with Crippen LogP contribution in [-0.4, -0.2) is 15.4 Å². The summed E-state index contributed by atoms with van der Waals surface area (Å²) in [7, 11) is 0. The second-order valence-electron chi connectivity index (χ2n) is 3.19. The number of nitriles is 2. The Hall–Kier alpha value is -2.66. The van der Waals surface area contributed by atoms with Crippen LogP contribution in [-0.2, 0) is 5.41 Å². The zero-order valence-corrected chi connectivity index (χ0v) is 8.25.